The molecule has 0 aliphatic carbocycles. The molecular weight excluding hydrogens is 408 g/mol. The molecule has 0 atom stereocenters. The van der Waals surface area contributed by atoms with Crippen molar-refractivity contribution in [2.24, 2.45) is 4.99 Å². The second kappa shape index (κ2) is 10.0. The zero-order chi connectivity index (χ0) is 15.8. The van der Waals surface area contributed by atoms with Crippen LogP contribution in [0.25, 0.3) is 0 Å². The van der Waals surface area contributed by atoms with Crippen LogP contribution in [0, 0.1) is 5.82 Å². The third kappa shape index (κ3) is 6.43. The fourth-order valence-electron chi connectivity index (χ4n) is 1.99. The number of hydrogen-bond acceptors (Lipinski definition) is 2. The molecule has 0 aromatic heterocycles. The predicted octanol–water partition coefficient (Wildman–Crippen LogP) is 3.40. The molecule has 0 aliphatic rings. The molecule has 0 heterocycles. The summed E-state index contributed by atoms with van der Waals surface area (Å²) in [4.78, 5) is 4.43. The highest BCUT2D eigenvalue weighted by atomic mass is 127. The van der Waals surface area contributed by atoms with Gasteiger partial charge in [0, 0.05) is 18.7 Å². The van der Waals surface area contributed by atoms with Gasteiger partial charge in [-0.1, -0.05) is 30.3 Å². The number of nitrogens with zero attached hydrogens (tertiary/aromatic N) is 1. The predicted molar refractivity (Wildman–Crippen MR) is 102 cm³/mol. The van der Waals surface area contributed by atoms with Gasteiger partial charge >= 0.3 is 0 Å². The molecule has 2 aromatic rings. The SMILES string of the molecule is CCNC(=NCc1cccc(O)c1)NCc1ccccc1F.I. The van der Waals surface area contributed by atoms with Gasteiger partial charge in [-0.05, 0) is 30.7 Å². The van der Waals surface area contributed by atoms with E-state index in [-0.39, 0.29) is 35.5 Å². The van der Waals surface area contributed by atoms with E-state index in [1.54, 1.807) is 36.4 Å². The van der Waals surface area contributed by atoms with Crippen LogP contribution in [0.15, 0.2) is 53.5 Å². The summed E-state index contributed by atoms with van der Waals surface area (Å²) < 4.78 is 13.6. The number of halogens is 2. The molecule has 0 saturated heterocycles. The Morgan fingerprint density at radius 3 is 2.61 bits per heavy atom. The summed E-state index contributed by atoms with van der Waals surface area (Å²) in [6.07, 6.45) is 0. The number of benzene rings is 2. The molecule has 3 N–H and O–H groups in total. The Balaban J connectivity index is 0.00000264. The number of phenolic OH excluding ortho intramolecular Hbond substituents is 1. The Kier molecular flexibility index (Phi) is 8.39. The Labute approximate surface area is 152 Å². The Morgan fingerprint density at radius 2 is 1.91 bits per heavy atom. The molecule has 0 bridgehead atoms. The smallest absolute Gasteiger partial charge is 0.191 e. The molecule has 2 rings (SSSR count). The van der Waals surface area contributed by atoms with Gasteiger partial charge in [0.05, 0.1) is 6.54 Å². The fourth-order valence-corrected chi connectivity index (χ4v) is 1.99. The molecule has 0 spiro atoms. The lowest BCUT2D eigenvalue weighted by atomic mass is 10.2. The quantitative estimate of drug-likeness (QED) is 0.388. The Morgan fingerprint density at radius 1 is 1.13 bits per heavy atom. The van der Waals surface area contributed by atoms with Gasteiger partial charge in [0.15, 0.2) is 5.96 Å². The first-order valence-corrected chi connectivity index (χ1v) is 7.22. The van der Waals surface area contributed by atoms with Crippen molar-refractivity contribution < 1.29 is 9.50 Å². The monoisotopic (exact) mass is 429 g/mol. The minimum absolute atomic E-state index is 0. The van der Waals surface area contributed by atoms with E-state index in [0.717, 1.165) is 5.56 Å². The van der Waals surface area contributed by atoms with Crippen molar-refractivity contribution >= 4 is 29.9 Å². The van der Waals surface area contributed by atoms with Crippen molar-refractivity contribution in [1.29, 1.82) is 0 Å². The van der Waals surface area contributed by atoms with Crippen LogP contribution >= 0.6 is 24.0 Å². The largest absolute Gasteiger partial charge is 0.508 e. The van der Waals surface area contributed by atoms with E-state index >= 15 is 0 Å². The molecular formula is C17H21FIN3O. The van der Waals surface area contributed by atoms with Crippen LogP contribution in [-0.4, -0.2) is 17.6 Å². The summed E-state index contributed by atoms with van der Waals surface area (Å²) in [7, 11) is 0. The molecule has 2 aromatic carbocycles. The molecule has 0 unspecified atom stereocenters. The third-order valence-electron chi connectivity index (χ3n) is 3.08. The number of aliphatic imine (C=N–C) groups is 1. The molecule has 4 nitrogen and oxygen atoms in total. The topological polar surface area (TPSA) is 56.7 Å². The summed E-state index contributed by atoms with van der Waals surface area (Å²) >= 11 is 0. The maximum Gasteiger partial charge on any atom is 0.191 e. The second-order valence-corrected chi connectivity index (χ2v) is 4.81. The van der Waals surface area contributed by atoms with Crippen LogP contribution in [0.5, 0.6) is 5.75 Å². The minimum Gasteiger partial charge on any atom is -0.508 e. The van der Waals surface area contributed by atoms with Crippen molar-refractivity contribution in [2.75, 3.05) is 6.54 Å². The van der Waals surface area contributed by atoms with E-state index in [2.05, 4.69) is 15.6 Å². The highest BCUT2D eigenvalue weighted by Gasteiger charge is 2.02. The van der Waals surface area contributed by atoms with Gasteiger partial charge in [-0.2, -0.15) is 0 Å². The van der Waals surface area contributed by atoms with E-state index in [1.165, 1.54) is 6.07 Å². The van der Waals surface area contributed by atoms with Crippen molar-refractivity contribution in [3.05, 3.63) is 65.5 Å². The van der Waals surface area contributed by atoms with Gasteiger partial charge in [-0.25, -0.2) is 9.38 Å². The maximum atomic E-state index is 13.6. The lowest BCUT2D eigenvalue weighted by Crippen LogP contribution is -2.37. The van der Waals surface area contributed by atoms with Gasteiger partial charge in [0.2, 0.25) is 0 Å². The fraction of sp³-hybridized carbons (Fsp3) is 0.235. The first-order valence-electron chi connectivity index (χ1n) is 7.22. The van der Waals surface area contributed by atoms with Crippen LogP contribution in [0.2, 0.25) is 0 Å². The van der Waals surface area contributed by atoms with E-state index < -0.39 is 0 Å². The molecule has 0 radical (unpaired) electrons. The van der Waals surface area contributed by atoms with Gasteiger partial charge in [-0.15, -0.1) is 24.0 Å². The average molecular weight is 429 g/mol. The van der Waals surface area contributed by atoms with Crippen molar-refractivity contribution in [3.63, 3.8) is 0 Å². The molecule has 6 heteroatoms. The van der Waals surface area contributed by atoms with E-state index in [0.29, 0.717) is 31.2 Å². The molecule has 0 aliphatic heterocycles. The summed E-state index contributed by atoms with van der Waals surface area (Å²) in [5, 5.41) is 15.7. The van der Waals surface area contributed by atoms with Crippen LogP contribution in [-0.2, 0) is 13.1 Å². The Bertz CT molecular complexity index is 649. The summed E-state index contributed by atoms with van der Waals surface area (Å²) in [5.74, 6) is 0.588. The number of hydrogen-bond donors (Lipinski definition) is 3. The summed E-state index contributed by atoms with van der Waals surface area (Å²) in [5.41, 5.74) is 1.49. The highest BCUT2D eigenvalue weighted by molar-refractivity contribution is 14.0. The lowest BCUT2D eigenvalue weighted by Gasteiger charge is -2.12. The number of guanidine groups is 1. The third-order valence-corrected chi connectivity index (χ3v) is 3.08. The minimum atomic E-state index is -0.237. The molecule has 124 valence electrons. The number of rotatable bonds is 5. The molecule has 0 fully saturated rings. The van der Waals surface area contributed by atoms with Crippen molar-refractivity contribution in [2.45, 2.75) is 20.0 Å². The normalized spacial score (nSPS) is 10.8. The zero-order valence-corrected chi connectivity index (χ0v) is 15.3. The first-order chi connectivity index (χ1) is 10.7. The van der Waals surface area contributed by atoms with Crippen LogP contribution in [0.1, 0.15) is 18.1 Å². The molecule has 0 amide bonds. The highest BCUT2D eigenvalue weighted by Crippen LogP contribution is 2.11. The zero-order valence-electron chi connectivity index (χ0n) is 12.9. The molecule has 0 saturated carbocycles. The maximum absolute atomic E-state index is 13.6. The molecule has 23 heavy (non-hydrogen) atoms. The van der Waals surface area contributed by atoms with Gasteiger partial charge in [0.25, 0.3) is 0 Å². The van der Waals surface area contributed by atoms with Crippen LogP contribution in [0.3, 0.4) is 0 Å². The van der Waals surface area contributed by atoms with Crippen LogP contribution in [0.4, 0.5) is 4.39 Å². The van der Waals surface area contributed by atoms with Crippen LogP contribution < -0.4 is 10.6 Å². The van der Waals surface area contributed by atoms with Crippen molar-refractivity contribution in [1.82, 2.24) is 10.6 Å². The Hall–Kier alpha value is -1.83. The van der Waals surface area contributed by atoms with Crippen molar-refractivity contribution in [3.8, 4) is 5.75 Å². The lowest BCUT2D eigenvalue weighted by molar-refractivity contribution is 0.474. The summed E-state index contributed by atoms with van der Waals surface area (Å²) in [6, 6.07) is 13.6. The number of nitrogens with one attached hydrogen (secondary N) is 2. The first kappa shape index (κ1) is 19.2. The van der Waals surface area contributed by atoms with E-state index in [9.17, 15) is 9.50 Å². The number of aromatic hydroxyl groups is 1. The second-order valence-electron chi connectivity index (χ2n) is 4.81. The van der Waals surface area contributed by atoms with E-state index in [1.807, 2.05) is 13.0 Å². The van der Waals surface area contributed by atoms with Gasteiger partial charge in [-0.3, -0.25) is 0 Å². The number of phenols is 1. The van der Waals surface area contributed by atoms with Gasteiger partial charge < -0.3 is 15.7 Å². The average Bonchev–Trinajstić information content (AvgIpc) is 2.51. The van der Waals surface area contributed by atoms with Gasteiger partial charge in [0.1, 0.15) is 11.6 Å². The summed E-state index contributed by atoms with van der Waals surface area (Å²) in [6.45, 7) is 3.47. The standard InChI is InChI=1S/C17H20FN3O.HI/c1-2-19-17(20-11-13-6-5-8-15(22)10-13)21-12-14-7-3-4-9-16(14)18;/h3-10,22H,2,11-12H2,1H3,(H2,19,20,21);1H. The van der Waals surface area contributed by atoms with E-state index in [4.69, 9.17) is 0 Å².